The molecular weight excluding hydrogens is 259 g/mol. The molecule has 4 nitrogen and oxygen atoms in total. The first-order valence-corrected chi connectivity index (χ1v) is 6.27. The van der Waals surface area contributed by atoms with Gasteiger partial charge in [0, 0.05) is 12.2 Å². The first-order valence-electron chi connectivity index (χ1n) is 6.27. The van der Waals surface area contributed by atoms with E-state index in [2.05, 4.69) is 4.98 Å². The van der Waals surface area contributed by atoms with Crippen molar-refractivity contribution >= 4 is 17.5 Å². The molecule has 5 heteroatoms. The maximum atomic E-state index is 13.9. The Kier molecular flexibility index (Phi) is 3.98. The number of aromatic nitrogens is 1. The van der Waals surface area contributed by atoms with Gasteiger partial charge in [-0.2, -0.15) is 0 Å². The highest BCUT2D eigenvalue weighted by atomic mass is 19.1. The minimum absolute atomic E-state index is 0.0562. The summed E-state index contributed by atoms with van der Waals surface area (Å²) in [6.07, 6.45) is 0. The zero-order valence-electron chi connectivity index (χ0n) is 11.3. The number of para-hydroxylation sites is 1. The lowest BCUT2D eigenvalue weighted by atomic mass is 10.2. The Hall–Kier alpha value is -2.43. The van der Waals surface area contributed by atoms with E-state index in [1.165, 1.54) is 12.1 Å². The number of anilines is 2. The second-order valence-corrected chi connectivity index (χ2v) is 4.32. The van der Waals surface area contributed by atoms with Crippen molar-refractivity contribution in [2.75, 3.05) is 11.4 Å². The molecule has 0 atom stereocenters. The molecule has 20 heavy (non-hydrogen) atoms. The zero-order valence-corrected chi connectivity index (χ0v) is 11.3. The number of hydrogen-bond acceptors (Lipinski definition) is 3. The molecule has 1 heterocycles. The Labute approximate surface area is 116 Å². The van der Waals surface area contributed by atoms with Gasteiger partial charge in [-0.05, 0) is 38.1 Å². The van der Waals surface area contributed by atoms with Gasteiger partial charge in [-0.15, -0.1) is 0 Å². The Bertz CT molecular complexity index is 644. The normalized spacial score (nSPS) is 10.3. The maximum absolute atomic E-state index is 13.9. The molecule has 1 aromatic heterocycles. The summed E-state index contributed by atoms with van der Waals surface area (Å²) in [7, 11) is 0. The molecule has 0 bridgehead atoms. The molecule has 0 aliphatic carbocycles. The van der Waals surface area contributed by atoms with Crippen molar-refractivity contribution in [2.45, 2.75) is 13.8 Å². The average molecular weight is 274 g/mol. The third-order valence-electron chi connectivity index (χ3n) is 2.96. The Balaban J connectivity index is 2.60. The Morgan fingerprint density at radius 3 is 2.60 bits per heavy atom. The molecule has 0 spiro atoms. The highest BCUT2D eigenvalue weighted by Crippen LogP contribution is 2.29. The monoisotopic (exact) mass is 274 g/mol. The second kappa shape index (κ2) is 5.69. The summed E-state index contributed by atoms with van der Waals surface area (Å²) >= 11 is 0. The molecule has 0 aliphatic heterocycles. The van der Waals surface area contributed by atoms with Crippen LogP contribution in [-0.4, -0.2) is 22.6 Å². The lowest BCUT2D eigenvalue weighted by Gasteiger charge is -2.24. The molecule has 0 saturated heterocycles. The van der Waals surface area contributed by atoms with E-state index in [1.54, 1.807) is 36.1 Å². The van der Waals surface area contributed by atoms with Gasteiger partial charge in [-0.1, -0.05) is 12.1 Å². The predicted octanol–water partition coefficient (Wildman–Crippen LogP) is 3.39. The largest absolute Gasteiger partial charge is 0.478 e. The SMILES string of the molecule is CCN(c1ccccc1F)c1nc(C)ccc1C(=O)O. The average Bonchev–Trinajstić information content (AvgIpc) is 2.41. The van der Waals surface area contributed by atoms with Crippen molar-refractivity contribution in [1.29, 1.82) is 0 Å². The summed E-state index contributed by atoms with van der Waals surface area (Å²) in [6.45, 7) is 4.00. The Morgan fingerprint density at radius 2 is 2.00 bits per heavy atom. The van der Waals surface area contributed by atoms with E-state index in [0.717, 1.165) is 0 Å². The van der Waals surface area contributed by atoms with Crippen LogP contribution in [0.4, 0.5) is 15.9 Å². The van der Waals surface area contributed by atoms with E-state index in [-0.39, 0.29) is 11.4 Å². The fraction of sp³-hybridized carbons (Fsp3) is 0.200. The molecular formula is C15H15FN2O2. The molecule has 0 amide bonds. The van der Waals surface area contributed by atoms with Crippen LogP contribution in [0.1, 0.15) is 23.0 Å². The molecule has 104 valence electrons. The number of carboxylic acids is 1. The van der Waals surface area contributed by atoms with Gasteiger partial charge in [0.1, 0.15) is 17.2 Å². The van der Waals surface area contributed by atoms with E-state index < -0.39 is 11.8 Å². The smallest absolute Gasteiger partial charge is 0.339 e. The van der Waals surface area contributed by atoms with Crippen molar-refractivity contribution in [3.05, 3.63) is 53.5 Å². The van der Waals surface area contributed by atoms with Gasteiger partial charge in [0.15, 0.2) is 0 Å². The second-order valence-electron chi connectivity index (χ2n) is 4.32. The van der Waals surface area contributed by atoms with E-state index in [9.17, 15) is 14.3 Å². The van der Waals surface area contributed by atoms with Crippen LogP contribution in [0.25, 0.3) is 0 Å². The number of rotatable bonds is 4. The quantitative estimate of drug-likeness (QED) is 0.928. The fourth-order valence-corrected chi connectivity index (χ4v) is 2.02. The Morgan fingerprint density at radius 1 is 1.30 bits per heavy atom. The van der Waals surface area contributed by atoms with Gasteiger partial charge in [-0.3, -0.25) is 0 Å². The van der Waals surface area contributed by atoms with Crippen LogP contribution >= 0.6 is 0 Å². The molecule has 0 fully saturated rings. The van der Waals surface area contributed by atoms with Crippen LogP contribution in [-0.2, 0) is 0 Å². The van der Waals surface area contributed by atoms with Crippen molar-refractivity contribution in [3.8, 4) is 0 Å². The van der Waals surface area contributed by atoms with Gasteiger partial charge in [0.2, 0.25) is 0 Å². The van der Waals surface area contributed by atoms with Crippen molar-refractivity contribution in [3.63, 3.8) is 0 Å². The zero-order chi connectivity index (χ0) is 14.7. The van der Waals surface area contributed by atoms with Crippen molar-refractivity contribution in [2.24, 2.45) is 0 Å². The van der Waals surface area contributed by atoms with E-state index >= 15 is 0 Å². The fourth-order valence-electron chi connectivity index (χ4n) is 2.02. The number of nitrogens with zero attached hydrogens (tertiary/aromatic N) is 2. The standard InChI is InChI=1S/C15H15FN2O2/c1-3-18(13-7-5-4-6-12(13)16)14-11(15(19)20)9-8-10(2)17-14/h4-9H,3H2,1-2H3,(H,19,20). The van der Waals surface area contributed by atoms with Gasteiger partial charge in [-0.25, -0.2) is 14.2 Å². The highest BCUT2D eigenvalue weighted by molar-refractivity contribution is 5.94. The molecule has 2 rings (SSSR count). The molecule has 0 saturated carbocycles. The van der Waals surface area contributed by atoms with Crippen LogP contribution < -0.4 is 4.90 Å². The minimum atomic E-state index is -1.08. The number of pyridine rings is 1. The summed E-state index contributed by atoms with van der Waals surface area (Å²) < 4.78 is 13.9. The number of halogens is 1. The van der Waals surface area contributed by atoms with Crippen LogP contribution in [0.2, 0.25) is 0 Å². The third kappa shape index (κ3) is 2.61. The van der Waals surface area contributed by atoms with Gasteiger partial charge < -0.3 is 10.0 Å². The summed E-state index contributed by atoms with van der Waals surface area (Å²) in [6, 6.07) is 9.36. The van der Waals surface area contributed by atoms with Gasteiger partial charge in [0.05, 0.1) is 5.69 Å². The predicted molar refractivity (Wildman–Crippen MR) is 75.0 cm³/mol. The van der Waals surface area contributed by atoms with E-state index in [0.29, 0.717) is 17.9 Å². The summed E-state index contributed by atoms with van der Waals surface area (Å²) in [5.41, 5.74) is 1.05. The number of hydrogen-bond donors (Lipinski definition) is 1. The molecule has 1 aromatic carbocycles. The number of aromatic carboxylic acids is 1. The van der Waals surface area contributed by atoms with Crippen molar-refractivity contribution in [1.82, 2.24) is 4.98 Å². The van der Waals surface area contributed by atoms with Gasteiger partial charge in [0.25, 0.3) is 0 Å². The van der Waals surface area contributed by atoms with Crippen LogP contribution in [0.15, 0.2) is 36.4 Å². The molecule has 0 unspecified atom stereocenters. The van der Waals surface area contributed by atoms with E-state index in [4.69, 9.17) is 0 Å². The molecule has 0 aliphatic rings. The first-order chi connectivity index (χ1) is 9.54. The number of aryl methyl sites for hydroxylation is 1. The molecule has 1 N–H and O–H groups in total. The molecule has 2 aromatic rings. The van der Waals surface area contributed by atoms with Crippen LogP contribution in [0, 0.1) is 12.7 Å². The highest BCUT2D eigenvalue weighted by Gasteiger charge is 2.20. The first kappa shape index (κ1) is 14.0. The maximum Gasteiger partial charge on any atom is 0.339 e. The summed E-state index contributed by atoms with van der Waals surface area (Å²) in [5, 5.41) is 9.26. The minimum Gasteiger partial charge on any atom is -0.478 e. The number of carbonyl (C=O) groups is 1. The number of benzene rings is 1. The van der Waals surface area contributed by atoms with E-state index in [1.807, 2.05) is 6.92 Å². The summed E-state index contributed by atoms with van der Waals surface area (Å²) in [4.78, 5) is 17.1. The number of carboxylic acid groups (broad SMARTS) is 1. The third-order valence-corrected chi connectivity index (χ3v) is 2.96. The lowest BCUT2D eigenvalue weighted by Crippen LogP contribution is -2.22. The molecule has 0 radical (unpaired) electrons. The van der Waals surface area contributed by atoms with Gasteiger partial charge >= 0.3 is 5.97 Å². The van der Waals surface area contributed by atoms with Crippen LogP contribution in [0.3, 0.4) is 0 Å². The summed E-state index contributed by atoms with van der Waals surface area (Å²) in [5.74, 6) is -1.23. The lowest BCUT2D eigenvalue weighted by molar-refractivity contribution is 0.0697. The van der Waals surface area contributed by atoms with Crippen molar-refractivity contribution < 1.29 is 14.3 Å². The topological polar surface area (TPSA) is 53.4 Å². The van der Waals surface area contributed by atoms with Crippen LogP contribution in [0.5, 0.6) is 0 Å².